The van der Waals surface area contributed by atoms with Crippen LogP contribution in [-0.4, -0.2) is 16.9 Å². The molecule has 132 valence electrons. The maximum absolute atomic E-state index is 13.4. The number of rotatable bonds is 7. The van der Waals surface area contributed by atoms with E-state index in [2.05, 4.69) is 10.6 Å². The van der Waals surface area contributed by atoms with Gasteiger partial charge in [-0.05, 0) is 23.3 Å². The molecule has 1 unspecified atom stereocenters. The van der Waals surface area contributed by atoms with Crippen LogP contribution in [0.1, 0.15) is 36.1 Å². The van der Waals surface area contributed by atoms with Crippen molar-refractivity contribution in [2.45, 2.75) is 32.5 Å². The molecule has 0 aliphatic carbocycles. The minimum Gasteiger partial charge on any atom is -0.392 e. The fourth-order valence-corrected chi connectivity index (χ4v) is 2.50. The molecule has 0 aliphatic rings. The van der Waals surface area contributed by atoms with Crippen LogP contribution in [0.15, 0.2) is 48.5 Å². The summed E-state index contributed by atoms with van der Waals surface area (Å²) in [6.07, 6.45) is 0.0949. The highest BCUT2D eigenvalue weighted by Crippen LogP contribution is 2.17. The molecule has 0 heterocycles. The van der Waals surface area contributed by atoms with Gasteiger partial charge in [0.1, 0.15) is 5.82 Å². The molecule has 0 aromatic heterocycles. The molecule has 6 heteroatoms. The summed E-state index contributed by atoms with van der Waals surface area (Å²) in [6.45, 7) is 1.22. The summed E-state index contributed by atoms with van der Waals surface area (Å²) in [4.78, 5) is 23.6. The fraction of sp³-hybridized carbons (Fsp3) is 0.263. The Morgan fingerprint density at radius 3 is 2.52 bits per heavy atom. The van der Waals surface area contributed by atoms with Crippen molar-refractivity contribution in [2.75, 3.05) is 0 Å². The molecule has 0 spiro atoms. The van der Waals surface area contributed by atoms with E-state index < -0.39 is 18.5 Å². The highest BCUT2D eigenvalue weighted by molar-refractivity contribution is 5.79. The topological polar surface area (TPSA) is 78.4 Å². The molecule has 1 atom stereocenters. The first-order chi connectivity index (χ1) is 12.0. The summed E-state index contributed by atoms with van der Waals surface area (Å²) < 4.78 is 13.4. The predicted octanol–water partition coefficient (Wildman–Crippen LogP) is 2.20. The monoisotopic (exact) mass is 344 g/mol. The van der Waals surface area contributed by atoms with E-state index in [1.165, 1.54) is 19.1 Å². The van der Waals surface area contributed by atoms with Crippen molar-refractivity contribution in [2.24, 2.45) is 0 Å². The Balaban J connectivity index is 1.98. The predicted molar refractivity (Wildman–Crippen MR) is 91.8 cm³/mol. The average Bonchev–Trinajstić information content (AvgIpc) is 2.61. The van der Waals surface area contributed by atoms with Crippen LogP contribution in [-0.2, 0) is 22.7 Å². The fourth-order valence-electron chi connectivity index (χ4n) is 2.50. The zero-order valence-electron chi connectivity index (χ0n) is 14.0. The van der Waals surface area contributed by atoms with Crippen LogP contribution in [0.4, 0.5) is 4.39 Å². The number of halogens is 1. The van der Waals surface area contributed by atoms with E-state index in [1.807, 2.05) is 30.3 Å². The Kier molecular flexibility index (Phi) is 6.65. The first-order valence-corrected chi connectivity index (χ1v) is 7.96. The molecule has 2 aromatic rings. The maximum Gasteiger partial charge on any atom is 0.222 e. The van der Waals surface area contributed by atoms with Crippen LogP contribution >= 0.6 is 0 Å². The van der Waals surface area contributed by atoms with Gasteiger partial charge in [0.15, 0.2) is 0 Å². The van der Waals surface area contributed by atoms with E-state index in [1.54, 1.807) is 6.07 Å². The van der Waals surface area contributed by atoms with Crippen LogP contribution in [0.2, 0.25) is 0 Å². The number of benzene rings is 2. The zero-order chi connectivity index (χ0) is 18.2. The van der Waals surface area contributed by atoms with Crippen LogP contribution in [0, 0.1) is 5.82 Å². The molecule has 0 saturated heterocycles. The quantitative estimate of drug-likeness (QED) is 0.720. The van der Waals surface area contributed by atoms with Gasteiger partial charge in [-0.3, -0.25) is 9.59 Å². The Hall–Kier alpha value is -2.73. The number of hydrogen-bond acceptors (Lipinski definition) is 3. The minimum absolute atomic E-state index is 0.0949. The largest absolute Gasteiger partial charge is 0.392 e. The summed E-state index contributed by atoms with van der Waals surface area (Å²) in [6, 6.07) is 13.2. The number of amides is 2. The lowest BCUT2D eigenvalue weighted by atomic mass is 10.0. The molecular weight excluding hydrogens is 323 g/mol. The SMILES string of the molecule is CC(=O)NC(CC(=O)NCc1ccc(F)c(CO)c1)c1ccccc1. The number of hydrogen-bond donors (Lipinski definition) is 3. The van der Waals surface area contributed by atoms with Gasteiger partial charge in [-0.1, -0.05) is 36.4 Å². The van der Waals surface area contributed by atoms with Gasteiger partial charge in [0.05, 0.1) is 19.1 Å². The number of carbonyl (C=O) groups is 2. The molecular formula is C19H21FN2O3. The van der Waals surface area contributed by atoms with Crippen molar-refractivity contribution < 1.29 is 19.1 Å². The molecule has 5 nitrogen and oxygen atoms in total. The van der Waals surface area contributed by atoms with Gasteiger partial charge >= 0.3 is 0 Å². The van der Waals surface area contributed by atoms with Gasteiger partial charge in [-0.15, -0.1) is 0 Å². The number of aliphatic hydroxyl groups excluding tert-OH is 1. The highest BCUT2D eigenvalue weighted by atomic mass is 19.1. The van der Waals surface area contributed by atoms with E-state index in [0.717, 1.165) is 5.56 Å². The second kappa shape index (κ2) is 8.94. The summed E-state index contributed by atoms with van der Waals surface area (Å²) in [5.74, 6) is -0.933. The summed E-state index contributed by atoms with van der Waals surface area (Å²) in [5, 5.41) is 14.6. The van der Waals surface area contributed by atoms with Crippen molar-refractivity contribution in [3.05, 3.63) is 71.0 Å². The van der Waals surface area contributed by atoms with Crippen molar-refractivity contribution >= 4 is 11.8 Å². The van der Waals surface area contributed by atoms with E-state index in [-0.39, 0.29) is 30.3 Å². The molecule has 2 amide bonds. The van der Waals surface area contributed by atoms with E-state index in [4.69, 9.17) is 5.11 Å². The first-order valence-electron chi connectivity index (χ1n) is 7.96. The third-order valence-corrected chi connectivity index (χ3v) is 3.74. The summed E-state index contributed by atoms with van der Waals surface area (Å²) in [5.41, 5.74) is 1.72. The zero-order valence-corrected chi connectivity index (χ0v) is 14.0. The van der Waals surface area contributed by atoms with Gasteiger partial charge in [-0.25, -0.2) is 4.39 Å². The molecule has 0 saturated carbocycles. The number of nitrogens with one attached hydrogen (secondary N) is 2. The molecule has 2 rings (SSSR count). The molecule has 0 fully saturated rings. The Morgan fingerprint density at radius 2 is 1.88 bits per heavy atom. The highest BCUT2D eigenvalue weighted by Gasteiger charge is 2.16. The Bertz CT molecular complexity index is 735. The summed E-state index contributed by atoms with van der Waals surface area (Å²) in [7, 11) is 0. The van der Waals surface area contributed by atoms with Crippen molar-refractivity contribution in [3.8, 4) is 0 Å². The smallest absolute Gasteiger partial charge is 0.222 e. The standard InChI is InChI=1S/C19H21FN2O3/c1-13(24)22-18(15-5-3-2-4-6-15)10-19(25)21-11-14-7-8-17(20)16(9-14)12-23/h2-9,18,23H,10-12H2,1H3,(H,21,25)(H,22,24). The maximum atomic E-state index is 13.4. The van der Waals surface area contributed by atoms with Gasteiger partial charge in [0.25, 0.3) is 0 Å². The third kappa shape index (κ3) is 5.69. The normalized spacial score (nSPS) is 11.6. The Morgan fingerprint density at radius 1 is 1.16 bits per heavy atom. The second-order valence-electron chi connectivity index (χ2n) is 5.73. The lowest BCUT2D eigenvalue weighted by molar-refractivity contribution is -0.122. The minimum atomic E-state index is -0.479. The molecule has 3 N–H and O–H groups in total. The van der Waals surface area contributed by atoms with Gasteiger partial charge in [0, 0.05) is 19.0 Å². The van der Waals surface area contributed by atoms with Crippen LogP contribution < -0.4 is 10.6 Å². The lowest BCUT2D eigenvalue weighted by Crippen LogP contribution is -2.32. The van der Waals surface area contributed by atoms with Crippen molar-refractivity contribution in [3.63, 3.8) is 0 Å². The van der Waals surface area contributed by atoms with Gasteiger partial charge in [0.2, 0.25) is 11.8 Å². The third-order valence-electron chi connectivity index (χ3n) is 3.74. The molecule has 0 bridgehead atoms. The molecule has 0 radical (unpaired) electrons. The van der Waals surface area contributed by atoms with Gasteiger partial charge < -0.3 is 15.7 Å². The van der Waals surface area contributed by atoms with Gasteiger partial charge in [-0.2, -0.15) is 0 Å². The van der Waals surface area contributed by atoms with Crippen LogP contribution in [0.25, 0.3) is 0 Å². The molecule has 25 heavy (non-hydrogen) atoms. The average molecular weight is 344 g/mol. The van der Waals surface area contributed by atoms with E-state index >= 15 is 0 Å². The van der Waals surface area contributed by atoms with Crippen LogP contribution in [0.3, 0.4) is 0 Å². The Labute approximate surface area is 145 Å². The van der Waals surface area contributed by atoms with Crippen molar-refractivity contribution in [1.82, 2.24) is 10.6 Å². The van der Waals surface area contributed by atoms with Crippen molar-refractivity contribution in [1.29, 1.82) is 0 Å². The second-order valence-corrected chi connectivity index (χ2v) is 5.73. The van der Waals surface area contributed by atoms with Crippen LogP contribution in [0.5, 0.6) is 0 Å². The summed E-state index contributed by atoms with van der Waals surface area (Å²) >= 11 is 0. The number of carbonyl (C=O) groups excluding carboxylic acids is 2. The number of aliphatic hydroxyl groups is 1. The van der Waals surface area contributed by atoms with E-state index in [0.29, 0.717) is 5.56 Å². The molecule has 2 aromatic carbocycles. The first kappa shape index (κ1) is 18.6. The lowest BCUT2D eigenvalue weighted by Gasteiger charge is -2.18. The molecule has 0 aliphatic heterocycles. The van der Waals surface area contributed by atoms with E-state index in [9.17, 15) is 14.0 Å².